The Morgan fingerprint density at radius 3 is 2.73 bits per heavy atom. The molecule has 2 aromatic heterocycles. The van der Waals surface area contributed by atoms with E-state index in [4.69, 9.17) is 0 Å². The van der Waals surface area contributed by atoms with Gasteiger partial charge in [-0.3, -0.25) is 4.98 Å². The summed E-state index contributed by atoms with van der Waals surface area (Å²) in [5.41, 5.74) is 1.74. The molecule has 0 radical (unpaired) electrons. The maximum absolute atomic E-state index is 13.1. The summed E-state index contributed by atoms with van der Waals surface area (Å²) in [6.45, 7) is 1.55. The fraction of sp³-hybridized carbons (Fsp3) is 0.235. The molecule has 0 aliphatic heterocycles. The lowest BCUT2D eigenvalue weighted by Crippen LogP contribution is -2.20. The van der Waals surface area contributed by atoms with Gasteiger partial charge >= 0.3 is 6.18 Å². The summed E-state index contributed by atoms with van der Waals surface area (Å²) in [4.78, 5) is 4.28. The SMILES string of the molecule is CCC(c1ccnc(-c2cccc3ccsc23)c1)C(F)(F)F. The van der Waals surface area contributed by atoms with Gasteiger partial charge in [0.2, 0.25) is 0 Å². The van der Waals surface area contributed by atoms with E-state index < -0.39 is 12.1 Å². The number of fused-ring (bicyclic) bond motifs is 1. The van der Waals surface area contributed by atoms with Gasteiger partial charge in [-0.15, -0.1) is 11.3 Å². The Morgan fingerprint density at radius 2 is 2.00 bits per heavy atom. The number of benzene rings is 1. The number of hydrogen-bond donors (Lipinski definition) is 0. The van der Waals surface area contributed by atoms with Crippen LogP contribution < -0.4 is 0 Å². The molecule has 0 bridgehead atoms. The van der Waals surface area contributed by atoms with Crippen molar-refractivity contribution in [3.05, 3.63) is 53.5 Å². The number of rotatable bonds is 3. The van der Waals surface area contributed by atoms with E-state index in [1.165, 1.54) is 12.3 Å². The normalized spacial score (nSPS) is 13.5. The lowest BCUT2D eigenvalue weighted by molar-refractivity contribution is -0.151. The number of pyridine rings is 1. The van der Waals surface area contributed by atoms with Crippen LogP contribution in [0, 0.1) is 0 Å². The molecule has 22 heavy (non-hydrogen) atoms. The molecule has 0 aliphatic rings. The van der Waals surface area contributed by atoms with Crippen LogP contribution in [0.5, 0.6) is 0 Å². The van der Waals surface area contributed by atoms with E-state index in [2.05, 4.69) is 4.98 Å². The fourth-order valence-corrected chi connectivity index (χ4v) is 3.58. The second kappa shape index (κ2) is 5.72. The van der Waals surface area contributed by atoms with E-state index in [-0.39, 0.29) is 12.0 Å². The molecule has 0 saturated heterocycles. The van der Waals surface area contributed by atoms with Crippen LogP contribution in [0.1, 0.15) is 24.8 Å². The molecule has 5 heteroatoms. The minimum absolute atomic E-state index is 0.0240. The zero-order valence-corrected chi connectivity index (χ0v) is 12.7. The maximum atomic E-state index is 13.1. The summed E-state index contributed by atoms with van der Waals surface area (Å²) in [6, 6.07) is 10.8. The number of alkyl halides is 3. The molecule has 0 spiro atoms. The number of thiophene rings is 1. The Kier molecular flexibility index (Phi) is 3.91. The quantitative estimate of drug-likeness (QED) is 0.575. The van der Waals surface area contributed by atoms with Crippen molar-refractivity contribution >= 4 is 21.4 Å². The summed E-state index contributed by atoms with van der Waals surface area (Å²) >= 11 is 1.57. The zero-order valence-electron chi connectivity index (χ0n) is 11.9. The molecule has 1 aromatic carbocycles. The highest BCUT2D eigenvalue weighted by Gasteiger charge is 2.39. The third-order valence-electron chi connectivity index (χ3n) is 3.74. The van der Waals surface area contributed by atoms with Gasteiger partial charge in [0.1, 0.15) is 0 Å². The van der Waals surface area contributed by atoms with E-state index in [0.717, 1.165) is 15.6 Å². The van der Waals surface area contributed by atoms with Crippen LogP contribution in [0.15, 0.2) is 48.0 Å². The monoisotopic (exact) mass is 321 g/mol. The smallest absolute Gasteiger partial charge is 0.256 e. The van der Waals surface area contributed by atoms with E-state index in [0.29, 0.717) is 5.69 Å². The van der Waals surface area contributed by atoms with E-state index in [9.17, 15) is 13.2 Å². The molecule has 1 atom stereocenters. The van der Waals surface area contributed by atoms with Crippen molar-refractivity contribution < 1.29 is 13.2 Å². The van der Waals surface area contributed by atoms with Gasteiger partial charge in [0.25, 0.3) is 0 Å². The van der Waals surface area contributed by atoms with E-state index in [1.807, 2.05) is 29.6 Å². The molecule has 1 nitrogen and oxygen atoms in total. The van der Waals surface area contributed by atoms with Crippen molar-refractivity contribution in [2.75, 3.05) is 0 Å². The predicted octanol–water partition coefficient (Wildman–Crippen LogP) is 6.02. The zero-order chi connectivity index (χ0) is 15.7. The number of halogens is 3. The Hall–Kier alpha value is -1.88. The first-order valence-corrected chi connectivity index (χ1v) is 7.88. The van der Waals surface area contributed by atoms with E-state index in [1.54, 1.807) is 24.3 Å². The van der Waals surface area contributed by atoms with Crippen LogP contribution in [0.3, 0.4) is 0 Å². The van der Waals surface area contributed by atoms with Gasteiger partial charge in [0, 0.05) is 16.5 Å². The molecule has 0 fully saturated rings. The number of nitrogens with zero attached hydrogens (tertiary/aromatic N) is 1. The van der Waals surface area contributed by atoms with Gasteiger partial charge in [-0.1, -0.05) is 25.1 Å². The van der Waals surface area contributed by atoms with Crippen LogP contribution in [0.2, 0.25) is 0 Å². The molecule has 3 rings (SSSR count). The first-order valence-electron chi connectivity index (χ1n) is 7.00. The van der Waals surface area contributed by atoms with Crippen molar-refractivity contribution in [1.29, 1.82) is 0 Å². The molecule has 0 amide bonds. The Balaban J connectivity index is 2.10. The van der Waals surface area contributed by atoms with Crippen LogP contribution >= 0.6 is 11.3 Å². The van der Waals surface area contributed by atoms with Crippen molar-refractivity contribution in [1.82, 2.24) is 4.98 Å². The average molecular weight is 321 g/mol. The molecular formula is C17H14F3NS. The summed E-state index contributed by atoms with van der Waals surface area (Å²) in [5.74, 6) is -1.45. The van der Waals surface area contributed by atoms with Crippen molar-refractivity contribution in [2.45, 2.75) is 25.4 Å². The standard InChI is InChI=1S/C17H14F3NS/c1-2-14(17(18,19)20)12-6-8-21-15(10-12)13-5-3-4-11-7-9-22-16(11)13/h3-10,14H,2H2,1H3. The second-order valence-corrected chi connectivity index (χ2v) is 6.04. The van der Waals surface area contributed by atoms with Crippen LogP contribution in [-0.2, 0) is 0 Å². The average Bonchev–Trinajstić information content (AvgIpc) is 2.95. The largest absolute Gasteiger partial charge is 0.395 e. The molecule has 2 heterocycles. The van der Waals surface area contributed by atoms with Gasteiger partial charge < -0.3 is 0 Å². The predicted molar refractivity (Wildman–Crippen MR) is 84.1 cm³/mol. The minimum atomic E-state index is -4.23. The lowest BCUT2D eigenvalue weighted by atomic mass is 9.95. The number of hydrogen-bond acceptors (Lipinski definition) is 2. The molecule has 0 N–H and O–H groups in total. The van der Waals surface area contributed by atoms with Crippen LogP contribution in [0.4, 0.5) is 13.2 Å². The molecular weight excluding hydrogens is 307 g/mol. The Morgan fingerprint density at radius 1 is 1.18 bits per heavy atom. The molecule has 0 saturated carbocycles. The fourth-order valence-electron chi connectivity index (χ4n) is 2.66. The van der Waals surface area contributed by atoms with Crippen molar-refractivity contribution in [2.24, 2.45) is 0 Å². The second-order valence-electron chi connectivity index (χ2n) is 5.12. The first kappa shape index (κ1) is 15.0. The highest BCUT2D eigenvalue weighted by Crippen LogP contribution is 2.39. The summed E-state index contributed by atoms with van der Waals surface area (Å²) in [5, 5.41) is 3.06. The van der Waals surface area contributed by atoms with Gasteiger partial charge in [0.05, 0.1) is 11.6 Å². The number of aromatic nitrogens is 1. The molecule has 1 unspecified atom stereocenters. The van der Waals surface area contributed by atoms with Gasteiger partial charge in [-0.25, -0.2) is 0 Å². The highest BCUT2D eigenvalue weighted by atomic mass is 32.1. The molecule has 3 aromatic rings. The van der Waals surface area contributed by atoms with Gasteiger partial charge in [0.15, 0.2) is 0 Å². The molecule has 114 valence electrons. The van der Waals surface area contributed by atoms with E-state index >= 15 is 0 Å². The van der Waals surface area contributed by atoms with Crippen LogP contribution in [0.25, 0.3) is 21.3 Å². The Labute approximate surface area is 130 Å². The topological polar surface area (TPSA) is 12.9 Å². The maximum Gasteiger partial charge on any atom is 0.395 e. The molecule has 0 aliphatic carbocycles. The van der Waals surface area contributed by atoms with Crippen molar-refractivity contribution in [3.63, 3.8) is 0 Å². The van der Waals surface area contributed by atoms with Crippen LogP contribution in [-0.4, -0.2) is 11.2 Å². The third-order valence-corrected chi connectivity index (χ3v) is 4.71. The van der Waals surface area contributed by atoms with Gasteiger partial charge in [-0.05, 0) is 40.9 Å². The summed E-state index contributed by atoms with van der Waals surface area (Å²) < 4.78 is 40.4. The Bertz CT molecular complexity index is 792. The minimum Gasteiger partial charge on any atom is -0.256 e. The highest BCUT2D eigenvalue weighted by molar-refractivity contribution is 7.17. The summed E-state index contributed by atoms with van der Waals surface area (Å²) in [6.07, 6.45) is -2.75. The first-order chi connectivity index (χ1) is 10.5. The summed E-state index contributed by atoms with van der Waals surface area (Å²) in [7, 11) is 0. The van der Waals surface area contributed by atoms with Crippen molar-refractivity contribution in [3.8, 4) is 11.3 Å². The van der Waals surface area contributed by atoms with Gasteiger partial charge in [-0.2, -0.15) is 13.2 Å². The third kappa shape index (κ3) is 2.73. The lowest BCUT2D eigenvalue weighted by Gasteiger charge is -2.19.